The molecule has 3 N–H and O–H groups in total. The molecule has 0 spiro atoms. The van der Waals surface area contributed by atoms with Crippen LogP contribution in [0.2, 0.25) is 0 Å². The molecule has 0 aliphatic heterocycles. The number of carbonyl (C=O) groups is 1. The summed E-state index contributed by atoms with van der Waals surface area (Å²) in [6.45, 7) is 5.37. The smallest absolute Gasteiger partial charge is 0.223 e. The van der Waals surface area contributed by atoms with Crippen molar-refractivity contribution in [3.05, 3.63) is 35.9 Å². The lowest BCUT2D eigenvalue weighted by Gasteiger charge is -2.22. The average molecular weight is 246 g/mol. The predicted octanol–water partition coefficient (Wildman–Crippen LogP) is 1.89. The van der Waals surface area contributed by atoms with Crippen LogP contribution in [-0.2, 0) is 4.79 Å². The van der Waals surface area contributed by atoms with Gasteiger partial charge >= 0.3 is 0 Å². The minimum absolute atomic E-state index is 0.0210. The Labute approximate surface area is 109 Å². The minimum Gasteiger partial charge on any atom is -0.355 e. The Bertz CT molecular complexity index is 414. The molecule has 3 nitrogen and oxygen atoms in total. The molecule has 2 rings (SSSR count). The molecule has 1 saturated carbocycles. The van der Waals surface area contributed by atoms with E-state index in [1.165, 1.54) is 5.56 Å². The van der Waals surface area contributed by atoms with Gasteiger partial charge in [0.1, 0.15) is 0 Å². The molecule has 1 aromatic rings. The van der Waals surface area contributed by atoms with Gasteiger partial charge < -0.3 is 11.1 Å². The lowest BCUT2D eigenvalue weighted by molar-refractivity contribution is -0.122. The number of hydrogen-bond acceptors (Lipinski definition) is 2. The molecule has 0 radical (unpaired) electrons. The van der Waals surface area contributed by atoms with Crippen LogP contribution in [0.3, 0.4) is 0 Å². The van der Waals surface area contributed by atoms with Crippen LogP contribution in [0.15, 0.2) is 30.3 Å². The Hall–Kier alpha value is -1.35. The third-order valence-corrected chi connectivity index (χ3v) is 3.65. The molecule has 3 heteroatoms. The fraction of sp³-hybridized carbons (Fsp3) is 0.533. The summed E-state index contributed by atoms with van der Waals surface area (Å²) in [5.74, 6) is 0.735. The fourth-order valence-electron chi connectivity index (χ4n) is 2.08. The first-order valence-electron chi connectivity index (χ1n) is 6.56. The van der Waals surface area contributed by atoms with Crippen molar-refractivity contribution < 1.29 is 4.79 Å². The van der Waals surface area contributed by atoms with E-state index in [0.717, 1.165) is 6.42 Å². The summed E-state index contributed by atoms with van der Waals surface area (Å²) in [6, 6.07) is 10.3. The molecule has 1 fully saturated rings. The Morgan fingerprint density at radius 2 is 2.06 bits per heavy atom. The Kier molecular flexibility index (Phi) is 3.71. The number of nitrogens with two attached hydrogens (primary N) is 1. The molecule has 2 atom stereocenters. The highest BCUT2D eigenvalue weighted by atomic mass is 16.2. The number of hydrogen-bond donors (Lipinski definition) is 2. The van der Waals surface area contributed by atoms with E-state index < -0.39 is 0 Å². The van der Waals surface area contributed by atoms with Crippen LogP contribution < -0.4 is 11.1 Å². The van der Waals surface area contributed by atoms with Gasteiger partial charge in [-0.25, -0.2) is 0 Å². The maximum atomic E-state index is 12.0. The Morgan fingerprint density at radius 1 is 1.39 bits per heavy atom. The first-order valence-corrected chi connectivity index (χ1v) is 6.56. The SMILES string of the molecule is CC(C)(CN)CNC(=O)C1CC1c1ccccc1. The summed E-state index contributed by atoms with van der Waals surface area (Å²) >= 11 is 0. The van der Waals surface area contributed by atoms with E-state index in [1.807, 2.05) is 18.2 Å². The molecule has 1 amide bonds. The van der Waals surface area contributed by atoms with Crippen molar-refractivity contribution in [3.63, 3.8) is 0 Å². The molecule has 0 heterocycles. The predicted molar refractivity (Wildman–Crippen MR) is 73.1 cm³/mol. The summed E-state index contributed by atoms with van der Waals surface area (Å²) in [5, 5.41) is 3.02. The van der Waals surface area contributed by atoms with Crippen molar-refractivity contribution in [2.24, 2.45) is 17.1 Å². The topological polar surface area (TPSA) is 55.1 Å². The lowest BCUT2D eigenvalue weighted by Crippen LogP contribution is -2.39. The van der Waals surface area contributed by atoms with E-state index in [4.69, 9.17) is 5.73 Å². The molecule has 1 aromatic carbocycles. The third-order valence-electron chi connectivity index (χ3n) is 3.65. The molecule has 0 aromatic heterocycles. The van der Waals surface area contributed by atoms with Crippen molar-refractivity contribution in [2.45, 2.75) is 26.2 Å². The Morgan fingerprint density at radius 3 is 2.67 bits per heavy atom. The van der Waals surface area contributed by atoms with Crippen LogP contribution in [0.5, 0.6) is 0 Å². The van der Waals surface area contributed by atoms with Crippen LogP contribution in [0.1, 0.15) is 31.7 Å². The molecule has 98 valence electrons. The zero-order chi connectivity index (χ0) is 13.2. The lowest BCUT2D eigenvalue weighted by atomic mass is 9.94. The number of rotatable bonds is 5. The highest BCUT2D eigenvalue weighted by Gasteiger charge is 2.43. The van der Waals surface area contributed by atoms with E-state index in [-0.39, 0.29) is 17.2 Å². The second-order valence-corrected chi connectivity index (χ2v) is 5.95. The van der Waals surface area contributed by atoms with Gasteiger partial charge in [0.25, 0.3) is 0 Å². The van der Waals surface area contributed by atoms with Crippen molar-refractivity contribution in [3.8, 4) is 0 Å². The molecule has 2 unspecified atom stereocenters. The highest BCUT2D eigenvalue weighted by Crippen LogP contribution is 2.47. The maximum absolute atomic E-state index is 12.0. The second kappa shape index (κ2) is 5.11. The number of benzene rings is 1. The third kappa shape index (κ3) is 3.10. The largest absolute Gasteiger partial charge is 0.355 e. The average Bonchev–Trinajstić information content (AvgIpc) is 3.17. The van der Waals surface area contributed by atoms with Gasteiger partial charge in [-0.2, -0.15) is 0 Å². The van der Waals surface area contributed by atoms with Crippen molar-refractivity contribution in [1.82, 2.24) is 5.32 Å². The quantitative estimate of drug-likeness (QED) is 0.833. The van der Waals surface area contributed by atoms with Crippen LogP contribution in [0.4, 0.5) is 0 Å². The van der Waals surface area contributed by atoms with E-state index in [9.17, 15) is 4.79 Å². The first kappa shape index (κ1) is 13.1. The molecule has 1 aliphatic carbocycles. The van der Waals surface area contributed by atoms with Gasteiger partial charge in [-0.15, -0.1) is 0 Å². The zero-order valence-corrected chi connectivity index (χ0v) is 11.1. The van der Waals surface area contributed by atoms with Gasteiger partial charge in [0.05, 0.1) is 0 Å². The van der Waals surface area contributed by atoms with Gasteiger partial charge in [0.15, 0.2) is 0 Å². The molecule has 1 aliphatic rings. The zero-order valence-electron chi connectivity index (χ0n) is 11.1. The Balaban J connectivity index is 1.83. The van der Waals surface area contributed by atoms with E-state index >= 15 is 0 Å². The van der Waals surface area contributed by atoms with Crippen molar-refractivity contribution in [2.75, 3.05) is 13.1 Å². The molecular weight excluding hydrogens is 224 g/mol. The van der Waals surface area contributed by atoms with Crippen molar-refractivity contribution >= 4 is 5.91 Å². The van der Waals surface area contributed by atoms with Crippen LogP contribution in [0, 0.1) is 11.3 Å². The van der Waals surface area contributed by atoms with Gasteiger partial charge in [-0.05, 0) is 29.9 Å². The van der Waals surface area contributed by atoms with Gasteiger partial charge in [-0.3, -0.25) is 4.79 Å². The molecule has 0 saturated heterocycles. The van der Waals surface area contributed by atoms with E-state index in [2.05, 4.69) is 31.3 Å². The summed E-state index contributed by atoms with van der Waals surface area (Å²) in [7, 11) is 0. The maximum Gasteiger partial charge on any atom is 0.223 e. The van der Waals surface area contributed by atoms with Crippen LogP contribution in [-0.4, -0.2) is 19.0 Å². The molecule has 18 heavy (non-hydrogen) atoms. The summed E-state index contributed by atoms with van der Waals surface area (Å²) < 4.78 is 0. The van der Waals surface area contributed by atoms with E-state index in [1.54, 1.807) is 0 Å². The van der Waals surface area contributed by atoms with E-state index in [0.29, 0.717) is 19.0 Å². The monoisotopic (exact) mass is 246 g/mol. The van der Waals surface area contributed by atoms with Crippen LogP contribution in [0.25, 0.3) is 0 Å². The second-order valence-electron chi connectivity index (χ2n) is 5.95. The van der Waals surface area contributed by atoms with Gasteiger partial charge in [-0.1, -0.05) is 44.2 Å². The minimum atomic E-state index is -0.0210. The molecular formula is C15H22N2O. The number of amides is 1. The standard InChI is InChI=1S/C15H22N2O/c1-15(2,9-16)10-17-14(18)13-8-12(13)11-6-4-3-5-7-11/h3-7,12-13H,8-10,16H2,1-2H3,(H,17,18). The molecule has 0 bridgehead atoms. The van der Waals surface area contributed by atoms with Crippen molar-refractivity contribution in [1.29, 1.82) is 0 Å². The van der Waals surface area contributed by atoms with Gasteiger partial charge in [0.2, 0.25) is 5.91 Å². The van der Waals surface area contributed by atoms with Crippen LogP contribution >= 0.6 is 0 Å². The summed E-state index contributed by atoms with van der Waals surface area (Å²) in [4.78, 5) is 12.0. The number of carbonyl (C=O) groups excluding carboxylic acids is 1. The summed E-state index contributed by atoms with van der Waals surface area (Å²) in [6.07, 6.45) is 0.971. The first-order chi connectivity index (χ1) is 8.53. The summed E-state index contributed by atoms with van der Waals surface area (Å²) in [5.41, 5.74) is 6.90. The fourth-order valence-corrected chi connectivity index (χ4v) is 2.08. The van der Waals surface area contributed by atoms with Gasteiger partial charge in [0, 0.05) is 12.5 Å². The number of nitrogens with one attached hydrogen (secondary N) is 1. The highest BCUT2D eigenvalue weighted by molar-refractivity contribution is 5.82. The normalized spacial score (nSPS) is 22.6.